The maximum absolute atomic E-state index is 6.20. The van der Waals surface area contributed by atoms with Crippen LogP contribution in [0.5, 0.6) is 0 Å². The summed E-state index contributed by atoms with van der Waals surface area (Å²) < 4.78 is 0. The zero-order valence-electron chi connectivity index (χ0n) is 7.31. The smallest absolute Gasteiger partial charge is 0.0469 e. The van der Waals surface area contributed by atoms with Crippen molar-refractivity contribution in [1.29, 1.82) is 0 Å². The van der Waals surface area contributed by atoms with Crippen LogP contribution >= 0.6 is 11.6 Å². The molecule has 2 rings (SSSR count). The van der Waals surface area contributed by atoms with E-state index in [0.29, 0.717) is 0 Å². The second-order valence-corrected chi connectivity index (χ2v) is 3.98. The molecule has 1 aliphatic carbocycles. The monoisotopic (exact) mass is 180 g/mol. The number of benzene rings is 1. The molecule has 0 atom stereocenters. The van der Waals surface area contributed by atoms with E-state index >= 15 is 0 Å². The Labute approximate surface area is 78.6 Å². The first-order valence-corrected chi connectivity index (χ1v) is 4.92. The molecule has 12 heavy (non-hydrogen) atoms. The molecule has 0 spiro atoms. The van der Waals surface area contributed by atoms with Gasteiger partial charge in [0.05, 0.1) is 0 Å². The van der Waals surface area contributed by atoms with Crippen LogP contribution in [0.15, 0.2) is 18.2 Å². The fourth-order valence-electron chi connectivity index (χ4n) is 1.70. The minimum Gasteiger partial charge on any atom is -0.0837 e. The van der Waals surface area contributed by atoms with E-state index in [4.69, 9.17) is 11.6 Å². The lowest BCUT2D eigenvalue weighted by Gasteiger charge is -2.27. The lowest BCUT2D eigenvalue weighted by Crippen LogP contribution is -2.09. The molecule has 1 heteroatoms. The molecule has 0 N–H and O–H groups in total. The van der Waals surface area contributed by atoms with Crippen LogP contribution in [0.25, 0.3) is 0 Å². The van der Waals surface area contributed by atoms with E-state index in [2.05, 4.69) is 25.1 Å². The number of hydrogen-bond acceptors (Lipinski definition) is 0. The van der Waals surface area contributed by atoms with Crippen LogP contribution in [0.2, 0.25) is 5.02 Å². The van der Waals surface area contributed by atoms with Crippen molar-refractivity contribution in [3.05, 3.63) is 34.3 Å². The normalized spacial score (nSPS) is 17.5. The molecule has 0 unspecified atom stereocenters. The van der Waals surface area contributed by atoms with Crippen LogP contribution in [0.4, 0.5) is 0 Å². The average Bonchev–Trinajstić information content (AvgIpc) is 1.95. The van der Waals surface area contributed by atoms with E-state index in [1.165, 1.54) is 30.4 Å². The fraction of sp³-hybridized carbons (Fsp3) is 0.455. The topological polar surface area (TPSA) is 0 Å². The molecular weight excluding hydrogens is 168 g/mol. The SMILES string of the molecule is Cc1cccc(C2CCC2)c1Cl. The van der Waals surface area contributed by atoms with Crippen LogP contribution in [-0.4, -0.2) is 0 Å². The minimum absolute atomic E-state index is 0.748. The second kappa shape index (κ2) is 3.10. The summed E-state index contributed by atoms with van der Waals surface area (Å²) in [6, 6.07) is 6.35. The Morgan fingerprint density at radius 2 is 2.08 bits per heavy atom. The Morgan fingerprint density at radius 1 is 1.33 bits per heavy atom. The molecule has 0 heterocycles. The third-order valence-corrected chi connectivity index (χ3v) is 3.28. The van der Waals surface area contributed by atoms with Gasteiger partial charge in [0, 0.05) is 5.02 Å². The lowest BCUT2D eigenvalue weighted by molar-refractivity contribution is 0.420. The summed E-state index contributed by atoms with van der Waals surface area (Å²) in [6.45, 7) is 2.07. The van der Waals surface area contributed by atoms with E-state index in [0.717, 1.165) is 10.9 Å². The van der Waals surface area contributed by atoms with E-state index in [-0.39, 0.29) is 0 Å². The van der Waals surface area contributed by atoms with Gasteiger partial charge >= 0.3 is 0 Å². The number of rotatable bonds is 1. The predicted octanol–water partition coefficient (Wildman–Crippen LogP) is 3.92. The van der Waals surface area contributed by atoms with Crippen molar-refractivity contribution >= 4 is 11.6 Å². The van der Waals surface area contributed by atoms with Crippen LogP contribution in [0, 0.1) is 6.92 Å². The molecule has 1 aliphatic rings. The van der Waals surface area contributed by atoms with Crippen molar-refractivity contribution in [3.63, 3.8) is 0 Å². The molecule has 0 radical (unpaired) electrons. The highest BCUT2D eigenvalue weighted by Gasteiger charge is 2.21. The van der Waals surface area contributed by atoms with Gasteiger partial charge in [0.25, 0.3) is 0 Å². The summed E-state index contributed by atoms with van der Waals surface area (Å²) in [5.74, 6) is 0.748. The lowest BCUT2D eigenvalue weighted by atomic mass is 9.80. The maximum Gasteiger partial charge on any atom is 0.0469 e. The van der Waals surface area contributed by atoms with E-state index in [9.17, 15) is 0 Å². The standard InChI is InChI=1S/C11H13Cl/c1-8-4-2-7-10(11(8)12)9-5-3-6-9/h2,4,7,9H,3,5-6H2,1H3. The van der Waals surface area contributed by atoms with Gasteiger partial charge in [0.15, 0.2) is 0 Å². The summed E-state index contributed by atoms with van der Waals surface area (Å²) >= 11 is 6.20. The highest BCUT2D eigenvalue weighted by Crippen LogP contribution is 2.40. The largest absolute Gasteiger partial charge is 0.0837 e. The van der Waals surface area contributed by atoms with Gasteiger partial charge < -0.3 is 0 Å². The van der Waals surface area contributed by atoms with Gasteiger partial charge in [-0.3, -0.25) is 0 Å². The summed E-state index contributed by atoms with van der Waals surface area (Å²) in [6.07, 6.45) is 4.02. The number of hydrogen-bond donors (Lipinski definition) is 0. The molecule has 1 aromatic carbocycles. The summed E-state index contributed by atoms with van der Waals surface area (Å²) in [7, 11) is 0. The minimum atomic E-state index is 0.748. The quantitative estimate of drug-likeness (QED) is 0.615. The van der Waals surface area contributed by atoms with E-state index in [1.807, 2.05) is 0 Å². The van der Waals surface area contributed by atoms with Crippen molar-refractivity contribution in [2.75, 3.05) is 0 Å². The molecule has 1 aromatic rings. The van der Waals surface area contributed by atoms with Crippen molar-refractivity contribution in [2.24, 2.45) is 0 Å². The highest BCUT2D eigenvalue weighted by atomic mass is 35.5. The Hall–Kier alpha value is -0.490. The fourth-order valence-corrected chi connectivity index (χ4v) is 1.98. The van der Waals surface area contributed by atoms with Crippen LogP contribution in [0.3, 0.4) is 0 Å². The van der Waals surface area contributed by atoms with Crippen molar-refractivity contribution in [3.8, 4) is 0 Å². The first kappa shape index (κ1) is 8.12. The zero-order chi connectivity index (χ0) is 8.55. The van der Waals surface area contributed by atoms with Gasteiger partial charge in [-0.2, -0.15) is 0 Å². The third kappa shape index (κ3) is 1.25. The van der Waals surface area contributed by atoms with E-state index < -0.39 is 0 Å². The average molecular weight is 181 g/mol. The van der Waals surface area contributed by atoms with Gasteiger partial charge in [-0.15, -0.1) is 0 Å². The molecule has 0 saturated heterocycles. The second-order valence-electron chi connectivity index (χ2n) is 3.61. The molecule has 64 valence electrons. The van der Waals surface area contributed by atoms with Crippen molar-refractivity contribution in [1.82, 2.24) is 0 Å². The molecule has 0 amide bonds. The molecule has 1 saturated carbocycles. The summed E-state index contributed by atoms with van der Waals surface area (Å²) in [5.41, 5.74) is 2.57. The Morgan fingerprint density at radius 3 is 2.67 bits per heavy atom. The first-order chi connectivity index (χ1) is 5.79. The van der Waals surface area contributed by atoms with Crippen LogP contribution in [0.1, 0.15) is 36.3 Å². The van der Waals surface area contributed by atoms with Gasteiger partial charge in [-0.25, -0.2) is 0 Å². The van der Waals surface area contributed by atoms with Crippen LogP contribution in [-0.2, 0) is 0 Å². The summed E-state index contributed by atoms with van der Waals surface area (Å²) in [4.78, 5) is 0. The molecular formula is C11H13Cl. The van der Waals surface area contributed by atoms with Crippen LogP contribution < -0.4 is 0 Å². The van der Waals surface area contributed by atoms with Gasteiger partial charge in [-0.1, -0.05) is 36.2 Å². The Kier molecular flexibility index (Phi) is 2.10. The molecule has 0 aliphatic heterocycles. The molecule has 1 fully saturated rings. The Balaban J connectivity index is 2.36. The molecule has 0 aromatic heterocycles. The van der Waals surface area contributed by atoms with Gasteiger partial charge in [0.2, 0.25) is 0 Å². The highest BCUT2D eigenvalue weighted by molar-refractivity contribution is 6.32. The van der Waals surface area contributed by atoms with Crippen molar-refractivity contribution in [2.45, 2.75) is 32.1 Å². The Bertz CT molecular complexity index is 287. The van der Waals surface area contributed by atoms with Gasteiger partial charge in [-0.05, 0) is 36.8 Å². The summed E-state index contributed by atoms with van der Waals surface area (Å²) in [5, 5.41) is 0.988. The first-order valence-electron chi connectivity index (χ1n) is 4.54. The third-order valence-electron chi connectivity index (χ3n) is 2.77. The molecule has 0 nitrogen and oxygen atoms in total. The predicted molar refractivity (Wildman–Crippen MR) is 52.8 cm³/mol. The van der Waals surface area contributed by atoms with Crippen molar-refractivity contribution < 1.29 is 0 Å². The number of halogens is 1. The number of aryl methyl sites for hydroxylation is 1. The van der Waals surface area contributed by atoms with Gasteiger partial charge in [0.1, 0.15) is 0 Å². The zero-order valence-corrected chi connectivity index (χ0v) is 8.06. The van der Waals surface area contributed by atoms with E-state index in [1.54, 1.807) is 0 Å². The molecule has 0 bridgehead atoms. The maximum atomic E-state index is 6.20.